The van der Waals surface area contributed by atoms with Gasteiger partial charge >= 0.3 is 0 Å². The van der Waals surface area contributed by atoms with Crippen LogP contribution in [0.2, 0.25) is 0 Å². The first-order chi connectivity index (χ1) is 12.0. The summed E-state index contributed by atoms with van der Waals surface area (Å²) < 4.78 is 20.8. The molecule has 0 aliphatic carbocycles. The molecule has 128 valence electrons. The van der Waals surface area contributed by atoms with Crippen LogP contribution in [0.3, 0.4) is 0 Å². The smallest absolute Gasteiger partial charge is 0.167 e. The van der Waals surface area contributed by atoms with Gasteiger partial charge in [-0.25, -0.2) is 9.37 Å². The number of aromatic nitrogens is 2. The lowest BCUT2D eigenvalue weighted by molar-refractivity contribution is 0.386. The number of aliphatic imine (C=N–C) groups is 1. The number of fused-ring (bicyclic) bond motifs is 1. The van der Waals surface area contributed by atoms with Crippen molar-refractivity contribution in [3.05, 3.63) is 53.6 Å². The van der Waals surface area contributed by atoms with E-state index in [-0.39, 0.29) is 5.75 Å². The maximum Gasteiger partial charge on any atom is 0.167 e. The number of halogens is 1. The molecule has 0 saturated heterocycles. The van der Waals surface area contributed by atoms with Gasteiger partial charge in [-0.3, -0.25) is 4.99 Å². The first-order valence-corrected chi connectivity index (χ1v) is 7.74. The van der Waals surface area contributed by atoms with Crippen LogP contribution in [0.15, 0.2) is 41.5 Å². The van der Waals surface area contributed by atoms with Crippen LogP contribution in [0, 0.1) is 12.7 Å². The quantitative estimate of drug-likeness (QED) is 0.700. The summed E-state index contributed by atoms with van der Waals surface area (Å²) in [7, 11) is 3.38. The lowest BCUT2D eigenvalue weighted by atomic mass is 10.2. The summed E-state index contributed by atoms with van der Waals surface area (Å²) in [5.74, 6) is 0.418. The molecule has 2 aromatic heterocycles. The molecule has 5 nitrogen and oxygen atoms in total. The van der Waals surface area contributed by atoms with Crippen LogP contribution in [0.25, 0.3) is 17.1 Å². The highest BCUT2D eigenvalue weighted by molar-refractivity contribution is 5.86. The number of aryl methyl sites for hydroxylation is 2. The minimum Gasteiger partial charge on any atom is -0.494 e. The normalized spacial score (nSPS) is 11.2. The van der Waals surface area contributed by atoms with Gasteiger partial charge in [0.05, 0.1) is 7.11 Å². The molecule has 0 bridgehead atoms. The van der Waals surface area contributed by atoms with E-state index in [4.69, 9.17) is 4.74 Å². The maximum absolute atomic E-state index is 13.8. The number of hydrogen-bond donors (Lipinski definition) is 1. The minimum absolute atomic E-state index is 0.208. The van der Waals surface area contributed by atoms with E-state index in [0.717, 1.165) is 22.3 Å². The third-order valence-corrected chi connectivity index (χ3v) is 4.10. The summed E-state index contributed by atoms with van der Waals surface area (Å²) in [6, 6.07) is 8.57. The standard InChI is InChI=1S/C19H19FN4O/c1-12-14-6-8-18(22-13-5-7-17(25-4)15(20)11-13)23-19(14)24(3)16(12)9-10-21-2/h5-11H,2H2,1,3-4H3,(H,22,23)/b10-9-. The molecule has 3 aromatic rings. The van der Waals surface area contributed by atoms with Gasteiger partial charge in [0.2, 0.25) is 0 Å². The zero-order valence-corrected chi connectivity index (χ0v) is 14.4. The Labute approximate surface area is 145 Å². The van der Waals surface area contributed by atoms with Crippen molar-refractivity contribution in [2.24, 2.45) is 12.0 Å². The van der Waals surface area contributed by atoms with E-state index < -0.39 is 5.82 Å². The molecule has 0 spiro atoms. The Morgan fingerprint density at radius 2 is 2.12 bits per heavy atom. The van der Waals surface area contributed by atoms with Crippen molar-refractivity contribution in [1.29, 1.82) is 0 Å². The van der Waals surface area contributed by atoms with Crippen molar-refractivity contribution in [1.82, 2.24) is 9.55 Å². The predicted octanol–water partition coefficient (Wildman–Crippen LogP) is 4.44. The lowest BCUT2D eigenvalue weighted by Crippen LogP contribution is -1.98. The fraction of sp³-hybridized carbons (Fsp3) is 0.158. The molecule has 0 amide bonds. The fourth-order valence-corrected chi connectivity index (χ4v) is 2.82. The van der Waals surface area contributed by atoms with Gasteiger partial charge in [0.25, 0.3) is 0 Å². The van der Waals surface area contributed by atoms with Crippen molar-refractivity contribution in [3.8, 4) is 5.75 Å². The number of benzene rings is 1. The average molecular weight is 338 g/mol. The molecule has 3 rings (SSSR count). The summed E-state index contributed by atoms with van der Waals surface area (Å²) in [5.41, 5.74) is 3.57. The van der Waals surface area contributed by atoms with Gasteiger partial charge in [0.15, 0.2) is 11.6 Å². The van der Waals surface area contributed by atoms with Crippen LogP contribution in [-0.4, -0.2) is 23.4 Å². The highest BCUT2D eigenvalue weighted by Crippen LogP contribution is 2.28. The summed E-state index contributed by atoms with van der Waals surface area (Å²) in [5, 5.41) is 4.17. The Morgan fingerprint density at radius 3 is 2.80 bits per heavy atom. The van der Waals surface area contributed by atoms with E-state index in [0.29, 0.717) is 11.5 Å². The Balaban J connectivity index is 1.98. The minimum atomic E-state index is -0.423. The molecule has 25 heavy (non-hydrogen) atoms. The summed E-state index contributed by atoms with van der Waals surface area (Å²) in [6.07, 6.45) is 3.55. The molecule has 0 atom stereocenters. The Kier molecular flexibility index (Phi) is 4.52. The number of methoxy groups -OCH3 is 1. The fourth-order valence-electron chi connectivity index (χ4n) is 2.82. The van der Waals surface area contributed by atoms with Crippen LogP contribution in [-0.2, 0) is 7.05 Å². The predicted molar refractivity (Wildman–Crippen MR) is 100 cm³/mol. The number of nitrogens with zero attached hydrogens (tertiary/aromatic N) is 3. The number of pyridine rings is 1. The Morgan fingerprint density at radius 1 is 1.32 bits per heavy atom. The second-order valence-corrected chi connectivity index (χ2v) is 5.61. The molecule has 0 aliphatic rings. The largest absolute Gasteiger partial charge is 0.494 e. The van der Waals surface area contributed by atoms with E-state index >= 15 is 0 Å². The highest BCUT2D eigenvalue weighted by Gasteiger charge is 2.12. The second-order valence-electron chi connectivity index (χ2n) is 5.61. The number of anilines is 2. The zero-order chi connectivity index (χ0) is 18.0. The zero-order valence-electron chi connectivity index (χ0n) is 14.4. The van der Waals surface area contributed by atoms with Crippen LogP contribution in [0.1, 0.15) is 11.3 Å². The van der Waals surface area contributed by atoms with Crippen molar-refractivity contribution < 1.29 is 9.13 Å². The number of nitrogens with one attached hydrogen (secondary N) is 1. The van der Waals surface area contributed by atoms with Gasteiger partial charge in [-0.05, 0) is 49.5 Å². The summed E-state index contributed by atoms with van der Waals surface area (Å²) in [6.45, 7) is 5.50. The van der Waals surface area contributed by atoms with Gasteiger partial charge in [-0.1, -0.05) is 0 Å². The van der Waals surface area contributed by atoms with Gasteiger partial charge in [-0.15, -0.1) is 0 Å². The topological polar surface area (TPSA) is 51.4 Å². The SMILES string of the molecule is C=N/C=C\c1c(C)c2ccc(Nc3ccc(OC)c(F)c3)nc2n1C. The van der Waals surface area contributed by atoms with Crippen molar-refractivity contribution in [3.63, 3.8) is 0 Å². The molecular formula is C19H19FN4O. The van der Waals surface area contributed by atoms with Crippen LogP contribution >= 0.6 is 0 Å². The number of ether oxygens (including phenoxy) is 1. The monoisotopic (exact) mass is 338 g/mol. The molecule has 1 aromatic carbocycles. The van der Waals surface area contributed by atoms with E-state index in [1.54, 1.807) is 18.3 Å². The molecule has 0 aliphatic heterocycles. The average Bonchev–Trinajstić information content (AvgIpc) is 2.84. The molecule has 1 N–H and O–H groups in total. The molecule has 0 radical (unpaired) electrons. The van der Waals surface area contributed by atoms with Gasteiger partial charge in [0, 0.05) is 36.1 Å². The third-order valence-electron chi connectivity index (χ3n) is 4.10. The van der Waals surface area contributed by atoms with Crippen LogP contribution in [0.5, 0.6) is 5.75 Å². The second kappa shape index (κ2) is 6.76. The Hall–Kier alpha value is -3.15. The van der Waals surface area contributed by atoms with Crippen LogP contribution in [0.4, 0.5) is 15.9 Å². The summed E-state index contributed by atoms with van der Waals surface area (Å²) >= 11 is 0. The first kappa shape index (κ1) is 16.7. The maximum atomic E-state index is 13.8. The lowest BCUT2D eigenvalue weighted by Gasteiger charge is -2.08. The number of rotatable bonds is 5. The van der Waals surface area contributed by atoms with E-state index in [2.05, 4.69) is 22.0 Å². The van der Waals surface area contributed by atoms with Gasteiger partial charge in [0.1, 0.15) is 11.5 Å². The third kappa shape index (κ3) is 3.10. The summed E-state index contributed by atoms with van der Waals surface area (Å²) in [4.78, 5) is 8.41. The first-order valence-electron chi connectivity index (χ1n) is 7.74. The molecular weight excluding hydrogens is 319 g/mol. The molecule has 6 heteroatoms. The van der Waals surface area contributed by atoms with Gasteiger partial charge < -0.3 is 14.6 Å². The van der Waals surface area contributed by atoms with Crippen molar-refractivity contribution in [2.75, 3.05) is 12.4 Å². The van der Waals surface area contributed by atoms with Gasteiger partial charge in [-0.2, -0.15) is 0 Å². The molecule has 0 fully saturated rings. The van der Waals surface area contributed by atoms with Crippen molar-refractivity contribution >= 4 is 35.3 Å². The van der Waals surface area contributed by atoms with Crippen molar-refractivity contribution in [2.45, 2.75) is 6.92 Å². The molecule has 0 unspecified atom stereocenters. The Bertz CT molecular complexity index is 975. The molecule has 0 saturated carbocycles. The van der Waals surface area contributed by atoms with E-state index in [1.807, 2.05) is 36.7 Å². The van der Waals surface area contributed by atoms with E-state index in [1.165, 1.54) is 13.2 Å². The van der Waals surface area contributed by atoms with E-state index in [9.17, 15) is 4.39 Å². The highest BCUT2D eigenvalue weighted by atomic mass is 19.1. The van der Waals surface area contributed by atoms with Crippen LogP contribution < -0.4 is 10.1 Å². The number of hydrogen-bond acceptors (Lipinski definition) is 4. The molecule has 2 heterocycles.